The van der Waals surface area contributed by atoms with E-state index in [1.807, 2.05) is 6.07 Å². The monoisotopic (exact) mass is 282 g/mol. The quantitative estimate of drug-likeness (QED) is 0.572. The number of nitrogens with one attached hydrogen (secondary N) is 1. The van der Waals surface area contributed by atoms with Gasteiger partial charge in [0, 0.05) is 17.7 Å². The van der Waals surface area contributed by atoms with Crippen molar-refractivity contribution < 1.29 is 9.45 Å². The van der Waals surface area contributed by atoms with E-state index in [0.29, 0.717) is 11.1 Å². The highest BCUT2D eigenvalue weighted by molar-refractivity contribution is 5.63. The number of nitriles is 1. The van der Waals surface area contributed by atoms with Gasteiger partial charge in [0.1, 0.15) is 11.8 Å². The summed E-state index contributed by atoms with van der Waals surface area (Å²) in [6.07, 6.45) is 1.41. The topological polar surface area (TPSA) is 135 Å². The molecule has 0 fully saturated rings. The number of rotatable bonds is 3. The van der Waals surface area contributed by atoms with Crippen LogP contribution >= 0.6 is 0 Å². The summed E-state index contributed by atoms with van der Waals surface area (Å²) in [7, 11) is 0. The second-order valence-corrected chi connectivity index (χ2v) is 4.00. The zero-order valence-electron chi connectivity index (χ0n) is 10.3. The minimum Gasteiger partial charge on any atom is -0.333 e. The van der Waals surface area contributed by atoms with Gasteiger partial charge < -0.3 is 4.52 Å². The first-order valence-corrected chi connectivity index (χ1v) is 5.71. The molecule has 0 amide bonds. The van der Waals surface area contributed by atoms with Crippen molar-refractivity contribution in [1.29, 1.82) is 5.26 Å². The lowest BCUT2D eigenvalue weighted by atomic mass is 10.2. The van der Waals surface area contributed by atoms with Crippen LogP contribution in [-0.2, 0) is 0 Å². The third-order valence-corrected chi connectivity index (χ3v) is 2.74. The minimum atomic E-state index is -0.490. The van der Waals surface area contributed by atoms with E-state index >= 15 is 0 Å². The van der Waals surface area contributed by atoms with Gasteiger partial charge in [-0.1, -0.05) is 5.16 Å². The summed E-state index contributed by atoms with van der Waals surface area (Å²) in [5.74, 6) is 0.415. The Balaban J connectivity index is 1.95. The summed E-state index contributed by atoms with van der Waals surface area (Å²) in [5, 5.41) is 29.5. The van der Waals surface area contributed by atoms with Gasteiger partial charge >= 0.3 is 0 Å². The Hall–Kier alpha value is -3.54. The molecule has 0 saturated heterocycles. The van der Waals surface area contributed by atoms with Crippen LogP contribution in [0.15, 0.2) is 35.0 Å². The van der Waals surface area contributed by atoms with Gasteiger partial charge in [-0.15, -0.1) is 0 Å². The molecule has 2 aromatic heterocycles. The van der Waals surface area contributed by atoms with E-state index in [1.54, 1.807) is 0 Å². The SMILES string of the molecule is N#Cc1[nH]ncc1-c1nc(-c2ccc([N+](=O)[O-])cc2)no1. The van der Waals surface area contributed by atoms with Crippen LogP contribution in [0.4, 0.5) is 5.69 Å². The third-order valence-electron chi connectivity index (χ3n) is 2.74. The second-order valence-electron chi connectivity index (χ2n) is 4.00. The molecule has 9 nitrogen and oxygen atoms in total. The van der Waals surface area contributed by atoms with Crippen LogP contribution in [0.3, 0.4) is 0 Å². The molecular formula is C12H6N6O3. The molecule has 3 aromatic rings. The molecule has 0 aliphatic rings. The van der Waals surface area contributed by atoms with E-state index < -0.39 is 4.92 Å². The van der Waals surface area contributed by atoms with E-state index in [1.165, 1.54) is 30.5 Å². The van der Waals surface area contributed by atoms with Crippen molar-refractivity contribution in [2.75, 3.05) is 0 Å². The van der Waals surface area contributed by atoms with Crippen molar-refractivity contribution in [1.82, 2.24) is 20.3 Å². The molecule has 102 valence electrons. The molecular weight excluding hydrogens is 276 g/mol. The highest BCUT2D eigenvalue weighted by atomic mass is 16.6. The molecule has 0 unspecified atom stereocenters. The Morgan fingerprint density at radius 3 is 2.76 bits per heavy atom. The zero-order valence-corrected chi connectivity index (χ0v) is 10.3. The smallest absolute Gasteiger partial charge is 0.269 e. The van der Waals surface area contributed by atoms with Crippen molar-refractivity contribution in [3.63, 3.8) is 0 Å². The van der Waals surface area contributed by atoms with Gasteiger partial charge in [0.25, 0.3) is 11.6 Å². The second kappa shape index (κ2) is 4.86. The Bertz CT molecular complexity index is 843. The summed E-state index contributed by atoms with van der Waals surface area (Å²) in [6, 6.07) is 7.67. The van der Waals surface area contributed by atoms with E-state index in [4.69, 9.17) is 9.78 Å². The van der Waals surface area contributed by atoms with Crippen molar-refractivity contribution in [2.24, 2.45) is 0 Å². The number of benzene rings is 1. The zero-order chi connectivity index (χ0) is 14.8. The average Bonchev–Trinajstić information content (AvgIpc) is 3.15. The standard InChI is InChI=1S/C12H6N6O3/c13-5-10-9(6-14-16-10)12-15-11(17-21-12)7-1-3-8(4-2-7)18(19)20/h1-4,6H,(H,14,16). The van der Waals surface area contributed by atoms with Crippen LogP contribution in [0.2, 0.25) is 0 Å². The number of hydrogen-bond donors (Lipinski definition) is 1. The lowest BCUT2D eigenvalue weighted by Gasteiger charge is -1.93. The van der Waals surface area contributed by atoms with Gasteiger partial charge in [0.05, 0.1) is 16.7 Å². The van der Waals surface area contributed by atoms with E-state index in [0.717, 1.165) is 0 Å². The number of aromatic nitrogens is 4. The van der Waals surface area contributed by atoms with Crippen molar-refractivity contribution >= 4 is 5.69 Å². The molecule has 0 atom stereocenters. The summed E-state index contributed by atoms with van der Waals surface area (Å²) in [6.45, 7) is 0. The molecule has 2 heterocycles. The lowest BCUT2D eigenvalue weighted by molar-refractivity contribution is -0.384. The van der Waals surface area contributed by atoms with Crippen molar-refractivity contribution in [3.05, 3.63) is 46.3 Å². The molecule has 3 rings (SSSR count). The van der Waals surface area contributed by atoms with Crippen LogP contribution in [0.1, 0.15) is 5.69 Å². The predicted octanol–water partition coefficient (Wildman–Crippen LogP) is 1.91. The van der Waals surface area contributed by atoms with Crippen molar-refractivity contribution in [3.8, 4) is 28.9 Å². The first kappa shape index (κ1) is 12.5. The van der Waals surface area contributed by atoms with Crippen LogP contribution in [0.5, 0.6) is 0 Å². The minimum absolute atomic E-state index is 0.0240. The fourth-order valence-corrected chi connectivity index (χ4v) is 1.72. The molecule has 0 spiro atoms. The summed E-state index contributed by atoms with van der Waals surface area (Å²) in [5.41, 5.74) is 1.16. The number of nitrogens with zero attached hydrogens (tertiary/aromatic N) is 5. The maximum atomic E-state index is 10.6. The third kappa shape index (κ3) is 2.21. The van der Waals surface area contributed by atoms with E-state index in [-0.39, 0.29) is 23.1 Å². The largest absolute Gasteiger partial charge is 0.333 e. The highest BCUT2D eigenvalue weighted by Crippen LogP contribution is 2.24. The van der Waals surface area contributed by atoms with Crippen LogP contribution < -0.4 is 0 Å². The molecule has 0 bridgehead atoms. The average molecular weight is 282 g/mol. The van der Waals surface area contributed by atoms with Crippen LogP contribution in [-0.4, -0.2) is 25.3 Å². The van der Waals surface area contributed by atoms with Gasteiger partial charge in [-0.2, -0.15) is 15.3 Å². The summed E-state index contributed by atoms with van der Waals surface area (Å²) >= 11 is 0. The molecule has 1 N–H and O–H groups in total. The first-order valence-electron chi connectivity index (χ1n) is 5.71. The number of H-pyrrole nitrogens is 1. The van der Waals surface area contributed by atoms with E-state index in [9.17, 15) is 10.1 Å². The Labute approximate surface area is 117 Å². The number of non-ortho nitro benzene ring substituents is 1. The predicted molar refractivity (Wildman–Crippen MR) is 68.7 cm³/mol. The normalized spacial score (nSPS) is 10.2. The number of nitro benzene ring substituents is 1. The molecule has 0 aliphatic heterocycles. The van der Waals surface area contributed by atoms with Gasteiger partial charge in [0.15, 0.2) is 0 Å². The maximum absolute atomic E-state index is 10.6. The van der Waals surface area contributed by atoms with Crippen molar-refractivity contribution in [2.45, 2.75) is 0 Å². The number of hydrogen-bond acceptors (Lipinski definition) is 7. The number of nitro groups is 1. The Morgan fingerprint density at radius 2 is 2.10 bits per heavy atom. The van der Waals surface area contributed by atoms with Crippen LogP contribution in [0, 0.1) is 21.4 Å². The Kier molecular flexibility index (Phi) is 2.89. The lowest BCUT2D eigenvalue weighted by Crippen LogP contribution is -1.88. The summed E-state index contributed by atoms with van der Waals surface area (Å²) in [4.78, 5) is 14.3. The van der Waals surface area contributed by atoms with E-state index in [2.05, 4.69) is 20.3 Å². The molecule has 1 aromatic carbocycles. The summed E-state index contributed by atoms with van der Waals surface area (Å²) < 4.78 is 5.08. The molecule has 0 aliphatic carbocycles. The number of aromatic amines is 1. The van der Waals surface area contributed by atoms with Gasteiger partial charge in [0.2, 0.25) is 5.82 Å². The highest BCUT2D eigenvalue weighted by Gasteiger charge is 2.16. The first-order chi connectivity index (χ1) is 10.2. The fraction of sp³-hybridized carbons (Fsp3) is 0. The molecule has 9 heteroatoms. The fourth-order valence-electron chi connectivity index (χ4n) is 1.72. The van der Waals surface area contributed by atoms with Gasteiger partial charge in [-0.25, -0.2) is 0 Å². The maximum Gasteiger partial charge on any atom is 0.269 e. The molecule has 0 saturated carbocycles. The van der Waals surface area contributed by atoms with Gasteiger partial charge in [-0.05, 0) is 12.1 Å². The molecule has 0 radical (unpaired) electrons. The van der Waals surface area contributed by atoms with Gasteiger partial charge in [-0.3, -0.25) is 15.2 Å². The Morgan fingerprint density at radius 1 is 1.33 bits per heavy atom. The molecule has 21 heavy (non-hydrogen) atoms. The van der Waals surface area contributed by atoms with Crippen LogP contribution in [0.25, 0.3) is 22.8 Å².